The van der Waals surface area contributed by atoms with Gasteiger partial charge in [0.15, 0.2) is 5.96 Å². The number of hydrogen-bond acceptors (Lipinski definition) is 3. The first-order valence-electron chi connectivity index (χ1n) is 9.22. The average Bonchev–Trinajstić information content (AvgIpc) is 2.54. The molecule has 0 fully saturated rings. The summed E-state index contributed by atoms with van der Waals surface area (Å²) in [6.45, 7) is 8.68. The SMILES string of the molecule is CN=C(NCCCCCCC(C)C)NCCCCOCCOC. The predicted molar refractivity (Wildman–Crippen MR) is 99.2 cm³/mol. The van der Waals surface area contributed by atoms with Crippen molar-refractivity contribution in [3.05, 3.63) is 0 Å². The molecule has 0 amide bonds. The van der Waals surface area contributed by atoms with E-state index in [1.165, 1.54) is 32.1 Å². The van der Waals surface area contributed by atoms with E-state index in [1.807, 2.05) is 7.05 Å². The van der Waals surface area contributed by atoms with Crippen LogP contribution in [0.5, 0.6) is 0 Å². The lowest BCUT2D eigenvalue weighted by molar-refractivity contribution is 0.0689. The van der Waals surface area contributed by atoms with Crippen LogP contribution in [0.3, 0.4) is 0 Å². The third kappa shape index (κ3) is 17.4. The molecular weight excluding hydrogens is 290 g/mol. The second kappa shape index (κ2) is 17.5. The Hall–Kier alpha value is -0.810. The zero-order valence-electron chi connectivity index (χ0n) is 15.8. The van der Waals surface area contributed by atoms with Crippen LogP contribution in [-0.4, -0.2) is 53.0 Å². The molecule has 0 spiro atoms. The van der Waals surface area contributed by atoms with Crippen LogP contribution in [0.1, 0.15) is 58.8 Å². The molecule has 0 saturated carbocycles. The number of methoxy groups -OCH3 is 1. The van der Waals surface area contributed by atoms with Crippen LogP contribution in [0, 0.1) is 5.92 Å². The molecule has 23 heavy (non-hydrogen) atoms. The Bertz CT molecular complexity index is 271. The molecule has 0 aromatic rings. The van der Waals surface area contributed by atoms with E-state index in [9.17, 15) is 0 Å². The highest BCUT2D eigenvalue weighted by atomic mass is 16.5. The molecule has 138 valence electrons. The Morgan fingerprint density at radius 2 is 1.52 bits per heavy atom. The van der Waals surface area contributed by atoms with Gasteiger partial charge in [0, 0.05) is 33.9 Å². The maximum atomic E-state index is 5.44. The van der Waals surface area contributed by atoms with Crippen molar-refractivity contribution < 1.29 is 9.47 Å². The summed E-state index contributed by atoms with van der Waals surface area (Å²) in [4.78, 5) is 4.25. The molecule has 0 aromatic heterocycles. The highest BCUT2D eigenvalue weighted by Crippen LogP contribution is 2.08. The van der Waals surface area contributed by atoms with Crippen LogP contribution < -0.4 is 10.6 Å². The quantitative estimate of drug-likeness (QED) is 0.275. The van der Waals surface area contributed by atoms with Crippen molar-refractivity contribution >= 4 is 5.96 Å². The molecule has 0 aliphatic carbocycles. The second-order valence-electron chi connectivity index (χ2n) is 6.33. The van der Waals surface area contributed by atoms with E-state index in [1.54, 1.807) is 7.11 Å². The van der Waals surface area contributed by atoms with Gasteiger partial charge in [-0.3, -0.25) is 4.99 Å². The van der Waals surface area contributed by atoms with Gasteiger partial charge in [-0.2, -0.15) is 0 Å². The number of hydrogen-bond donors (Lipinski definition) is 2. The Kier molecular flexibility index (Phi) is 16.9. The topological polar surface area (TPSA) is 54.9 Å². The zero-order chi connectivity index (χ0) is 17.2. The Morgan fingerprint density at radius 3 is 2.13 bits per heavy atom. The van der Waals surface area contributed by atoms with Crippen molar-refractivity contribution in [2.75, 3.05) is 47.1 Å². The van der Waals surface area contributed by atoms with Gasteiger partial charge in [0.05, 0.1) is 13.2 Å². The minimum Gasteiger partial charge on any atom is -0.382 e. The van der Waals surface area contributed by atoms with Crippen molar-refractivity contribution in [1.82, 2.24) is 10.6 Å². The summed E-state index contributed by atoms with van der Waals surface area (Å²) in [5.41, 5.74) is 0. The van der Waals surface area contributed by atoms with Crippen LogP contribution in [0.15, 0.2) is 4.99 Å². The number of aliphatic imine (C=N–C) groups is 1. The third-order valence-corrected chi connectivity index (χ3v) is 3.66. The van der Waals surface area contributed by atoms with Crippen molar-refractivity contribution in [3.8, 4) is 0 Å². The fourth-order valence-corrected chi connectivity index (χ4v) is 2.24. The zero-order valence-corrected chi connectivity index (χ0v) is 15.8. The Balaban J connectivity index is 3.36. The van der Waals surface area contributed by atoms with Gasteiger partial charge in [0.1, 0.15) is 0 Å². The minimum absolute atomic E-state index is 0.673. The van der Waals surface area contributed by atoms with Gasteiger partial charge in [-0.25, -0.2) is 0 Å². The molecule has 0 aliphatic rings. The third-order valence-electron chi connectivity index (χ3n) is 3.66. The molecule has 0 aliphatic heterocycles. The predicted octanol–water partition coefficient (Wildman–Crippen LogP) is 3.20. The summed E-state index contributed by atoms with van der Waals surface area (Å²) in [5, 5.41) is 6.73. The van der Waals surface area contributed by atoms with E-state index in [0.717, 1.165) is 44.4 Å². The largest absolute Gasteiger partial charge is 0.382 e. The van der Waals surface area contributed by atoms with Crippen LogP contribution in [0.2, 0.25) is 0 Å². The normalized spacial score (nSPS) is 12.0. The van der Waals surface area contributed by atoms with Crippen molar-refractivity contribution in [1.29, 1.82) is 0 Å². The van der Waals surface area contributed by atoms with E-state index < -0.39 is 0 Å². The first kappa shape index (κ1) is 22.2. The number of nitrogens with zero attached hydrogens (tertiary/aromatic N) is 1. The molecule has 0 bridgehead atoms. The van der Waals surface area contributed by atoms with Gasteiger partial charge in [-0.15, -0.1) is 0 Å². The lowest BCUT2D eigenvalue weighted by atomic mass is 10.0. The Morgan fingerprint density at radius 1 is 0.870 bits per heavy atom. The molecule has 0 radical (unpaired) electrons. The second-order valence-corrected chi connectivity index (χ2v) is 6.33. The van der Waals surface area contributed by atoms with E-state index in [2.05, 4.69) is 29.5 Å². The molecule has 0 saturated heterocycles. The van der Waals surface area contributed by atoms with Gasteiger partial charge < -0.3 is 20.1 Å². The molecule has 2 N–H and O–H groups in total. The lowest BCUT2D eigenvalue weighted by Crippen LogP contribution is -2.38. The smallest absolute Gasteiger partial charge is 0.190 e. The summed E-state index contributed by atoms with van der Waals surface area (Å²) in [6, 6.07) is 0. The molecule has 0 rings (SSSR count). The molecule has 0 heterocycles. The minimum atomic E-state index is 0.673. The number of guanidine groups is 1. The highest BCUT2D eigenvalue weighted by Gasteiger charge is 1.98. The van der Waals surface area contributed by atoms with Gasteiger partial charge >= 0.3 is 0 Å². The molecule has 0 atom stereocenters. The lowest BCUT2D eigenvalue weighted by Gasteiger charge is -2.12. The van der Waals surface area contributed by atoms with Gasteiger partial charge in [0.2, 0.25) is 0 Å². The monoisotopic (exact) mass is 329 g/mol. The summed E-state index contributed by atoms with van der Waals surface area (Å²) in [7, 11) is 3.52. The van der Waals surface area contributed by atoms with E-state index in [4.69, 9.17) is 9.47 Å². The summed E-state index contributed by atoms with van der Waals surface area (Å²) in [5.74, 6) is 1.74. The highest BCUT2D eigenvalue weighted by molar-refractivity contribution is 5.79. The van der Waals surface area contributed by atoms with E-state index in [0.29, 0.717) is 13.2 Å². The number of nitrogens with one attached hydrogen (secondary N) is 2. The summed E-state index contributed by atoms with van der Waals surface area (Å²) < 4.78 is 10.4. The van der Waals surface area contributed by atoms with Crippen LogP contribution in [0.4, 0.5) is 0 Å². The fourth-order valence-electron chi connectivity index (χ4n) is 2.24. The first-order valence-corrected chi connectivity index (χ1v) is 9.22. The van der Waals surface area contributed by atoms with E-state index in [-0.39, 0.29) is 0 Å². The molecule has 5 heteroatoms. The van der Waals surface area contributed by atoms with Crippen molar-refractivity contribution in [2.24, 2.45) is 10.9 Å². The standard InChI is InChI=1S/C18H39N3O2/c1-17(2)11-7-5-6-8-12-20-18(19-3)21-13-9-10-14-23-16-15-22-4/h17H,5-16H2,1-4H3,(H2,19,20,21). The molecule has 5 nitrogen and oxygen atoms in total. The van der Waals surface area contributed by atoms with Crippen LogP contribution >= 0.6 is 0 Å². The molecule has 0 unspecified atom stereocenters. The summed E-state index contributed by atoms with van der Waals surface area (Å²) in [6.07, 6.45) is 8.71. The summed E-state index contributed by atoms with van der Waals surface area (Å²) >= 11 is 0. The van der Waals surface area contributed by atoms with Gasteiger partial charge in [-0.1, -0.05) is 39.5 Å². The van der Waals surface area contributed by atoms with Gasteiger partial charge in [0.25, 0.3) is 0 Å². The number of ether oxygens (including phenoxy) is 2. The Labute approximate surface area is 143 Å². The van der Waals surface area contributed by atoms with Crippen LogP contribution in [0.25, 0.3) is 0 Å². The van der Waals surface area contributed by atoms with Gasteiger partial charge in [-0.05, 0) is 25.2 Å². The van der Waals surface area contributed by atoms with Crippen molar-refractivity contribution in [3.63, 3.8) is 0 Å². The number of unbranched alkanes of at least 4 members (excludes halogenated alkanes) is 4. The van der Waals surface area contributed by atoms with Crippen molar-refractivity contribution in [2.45, 2.75) is 58.8 Å². The molecule has 0 aromatic carbocycles. The fraction of sp³-hybridized carbons (Fsp3) is 0.944. The van der Waals surface area contributed by atoms with Crippen LogP contribution in [-0.2, 0) is 9.47 Å². The molecular formula is C18H39N3O2. The number of rotatable bonds is 15. The average molecular weight is 330 g/mol. The maximum absolute atomic E-state index is 5.44. The first-order chi connectivity index (χ1) is 11.2. The van der Waals surface area contributed by atoms with E-state index >= 15 is 0 Å². The maximum Gasteiger partial charge on any atom is 0.190 e.